The monoisotopic (exact) mass is 296 g/mol. The fourth-order valence-electron chi connectivity index (χ4n) is 1.37. The molecule has 0 aliphatic heterocycles. The summed E-state index contributed by atoms with van der Waals surface area (Å²) in [5.41, 5.74) is -0.990. The third kappa shape index (κ3) is 4.87. The summed E-state index contributed by atoms with van der Waals surface area (Å²) in [6.45, 7) is 4.80. The number of carboxylic acid groups (broad SMARTS) is 1. The van der Waals surface area contributed by atoms with E-state index < -0.39 is 23.1 Å². The van der Waals surface area contributed by atoms with Gasteiger partial charge in [0.2, 0.25) is 11.8 Å². The number of carboxylic acids is 1. The summed E-state index contributed by atoms with van der Waals surface area (Å²) >= 11 is 0. The number of hydrogen-bond acceptors (Lipinski definition) is 3. The number of carbonyl (C=O) groups excluding carboxylic acids is 2. The lowest BCUT2D eigenvalue weighted by molar-refractivity contribution is -0.130. The van der Waals surface area contributed by atoms with E-state index in [4.69, 9.17) is 5.11 Å². The molecule has 0 fully saturated rings. The van der Waals surface area contributed by atoms with Gasteiger partial charge in [-0.3, -0.25) is 9.59 Å². The molecule has 6 nitrogen and oxygen atoms in total. The molecule has 0 saturated heterocycles. The van der Waals surface area contributed by atoms with Crippen LogP contribution in [0.5, 0.6) is 0 Å². The molecule has 0 radical (unpaired) electrons. The van der Waals surface area contributed by atoms with Crippen molar-refractivity contribution >= 4 is 23.5 Å². The summed E-state index contributed by atoms with van der Waals surface area (Å²) in [5, 5.41) is 13.4. The summed E-state index contributed by atoms with van der Waals surface area (Å²) in [6, 6.07) is 3.14. The molecule has 0 saturated carbocycles. The minimum atomic E-state index is -1.26. The van der Waals surface area contributed by atoms with Crippen LogP contribution in [0, 0.1) is 11.2 Å². The first-order valence-corrected chi connectivity index (χ1v) is 6.22. The van der Waals surface area contributed by atoms with Crippen molar-refractivity contribution in [1.29, 1.82) is 0 Å². The third-order valence-electron chi connectivity index (χ3n) is 2.58. The van der Waals surface area contributed by atoms with Crippen LogP contribution in [0.3, 0.4) is 0 Å². The van der Waals surface area contributed by atoms with Crippen molar-refractivity contribution in [2.45, 2.75) is 20.8 Å². The number of anilines is 1. The lowest BCUT2D eigenvalue weighted by Gasteiger charge is -2.17. The first-order valence-electron chi connectivity index (χ1n) is 6.22. The molecule has 114 valence electrons. The Kier molecular flexibility index (Phi) is 5.02. The number of benzene rings is 1. The maximum Gasteiger partial charge on any atom is 0.335 e. The molecule has 1 aromatic rings. The average Bonchev–Trinajstić information content (AvgIpc) is 2.36. The van der Waals surface area contributed by atoms with Crippen LogP contribution in [0.25, 0.3) is 0 Å². The van der Waals surface area contributed by atoms with Crippen molar-refractivity contribution in [2.24, 2.45) is 5.41 Å². The number of amides is 2. The molecule has 1 aromatic carbocycles. The average molecular weight is 296 g/mol. The van der Waals surface area contributed by atoms with E-state index in [0.29, 0.717) is 0 Å². The van der Waals surface area contributed by atoms with E-state index in [1.165, 1.54) is 6.07 Å². The van der Waals surface area contributed by atoms with E-state index >= 15 is 0 Å². The van der Waals surface area contributed by atoms with Gasteiger partial charge < -0.3 is 15.7 Å². The van der Waals surface area contributed by atoms with Gasteiger partial charge in [0.05, 0.1) is 17.8 Å². The standard InChI is InChI=1S/C14H17FN2O4/c1-14(2,3)13(21)16-7-11(18)17-10-5-4-8(12(19)20)6-9(10)15/h4-6H,7H2,1-3H3,(H,16,21)(H,17,18)(H,19,20). The number of halogens is 1. The number of aromatic carboxylic acids is 1. The molecule has 0 heterocycles. The predicted octanol–water partition coefficient (Wildman–Crippen LogP) is 1.62. The van der Waals surface area contributed by atoms with Gasteiger partial charge >= 0.3 is 5.97 Å². The number of nitrogens with one attached hydrogen (secondary N) is 2. The molecule has 3 N–H and O–H groups in total. The molecule has 0 aliphatic rings. The Morgan fingerprint density at radius 3 is 2.33 bits per heavy atom. The molecular formula is C14H17FN2O4. The Morgan fingerprint density at radius 1 is 1.24 bits per heavy atom. The zero-order chi connectivity index (χ0) is 16.2. The van der Waals surface area contributed by atoms with Crippen molar-refractivity contribution < 1.29 is 23.9 Å². The van der Waals surface area contributed by atoms with Crippen molar-refractivity contribution in [3.63, 3.8) is 0 Å². The summed E-state index contributed by atoms with van der Waals surface area (Å²) in [4.78, 5) is 33.8. The van der Waals surface area contributed by atoms with E-state index in [1.54, 1.807) is 20.8 Å². The van der Waals surface area contributed by atoms with Gasteiger partial charge in [0, 0.05) is 5.41 Å². The first-order chi connectivity index (χ1) is 9.61. The van der Waals surface area contributed by atoms with Crippen LogP contribution in [0.1, 0.15) is 31.1 Å². The number of rotatable bonds is 4. The SMILES string of the molecule is CC(C)(C)C(=O)NCC(=O)Nc1ccc(C(=O)O)cc1F. The van der Waals surface area contributed by atoms with Gasteiger partial charge in [0.15, 0.2) is 0 Å². The Labute approximate surface area is 121 Å². The van der Waals surface area contributed by atoms with Gasteiger partial charge in [-0.05, 0) is 18.2 Å². The predicted molar refractivity (Wildman–Crippen MR) is 74.5 cm³/mol. The highest BCUT2D eigenvalue weighted by Crippen LogP contribution is 2.16. The van der Waals surface area contributed by atoms with Crippen molar-refractivity contribution in [2.75, 3.05) is 11.9 Å². The van der Waals surface area contributed by atoms with Crippen LogP contribution in [0.4, 0.5) is 10.1 Å². The topological polar surface area (TPSA) is 95.5 Å². The van der Waals surface area contributed by atoms with Gasteiger partial charge in [-0.15, -0.1) is 0 Å². The Morgan fingerprint density at radius 2 is 1.86 bits per heavy atom. The maximum absolute atomic E-state index is 13.6. The van der Waals surface area contributed by atoms with E-state index in [1.807, 2.05) is 0 Å². The van der Waals surface area contributed by atoms with Gasteiger partial charge in [-0.2, -0.15) is 0 Å². The van der Waals surface area contributed by atoms with E-state index in [2.05, 4.69) is 10.6 Å². The van der Waals surface area contributed by atoms with Gasteiger partial charge in [-0.25, -0.2) is 9.18 Å². The lowest BCUT2D eigenvalue weighted by atomic mass is 9.96. The zero-order valence-corrected chi connectivity index (χ0v) is 12.0. The largest absolute Gasteiger partial charge is 0.478 e. The van der Waals surface area contributed by atoms with Crippen LogP contribution in [-0.2, 0) is 9.59 Å². The minimum absolute atomic E-state index is 0.144. The smallest absolute Gasteiger partial charge is 0.335 e. The Bertz CT molecular complexity index is 579. The molecule has 21 heavy (non-hydrogen) atoms. The number of carbonyl (C=O) groups is 3. The second-order valence-corrected chi connectivity index (χ2v) is 5.48. The lowest BCUT2D eigenvalue weighted by Crippen LogP contribution is -2.39. The van der Waals surface area contributed by atoms with E-state index in [-0.39, 0.29) is 23.7 Å². The van der Waals surface area contributed by atoms with Crippen LogP contribution >= 0.6 is 0 Å². The van der Waals surface area contributed by atoms with Gasteiger partial charge in [-0.1, -0.05) is 20.8 Å². The molecule has 0 aliphatic carbocycles. The van der Waals surface area contributed by atoms with Crippen LogP contribution in [0.15, 0.2) is 18.2 Å². The van der Waals surface area contributed by atoms with E-state index in [0.717, 1.165) is 12.1 Å². The molecule has 2 amide bonds. The number of hydrogen-bond donors (Lipinski definition) is 3. The molecule has 1 rings (SSSR count). The molecule has 7 heteroatoms. The molecule has 0 unspecified atom stereocenters. The quantitative estimate of drug-likeness (QED) is 0.786. The normalized spacial score (nSPS) is 10.9. The second kappa shape index (κ2) is 6.34. The van der Waals surface area contributed by atoms with Crippen LogP contribution in [-0.4, -0.2) is 29.4 Å². The highest BCUT2D eigenvalue weighted by molar-refractivity contribution is 5.96. The Hall–Kier alpha value is -2.44. The summed E-state index contributed by atoms with van der Waals surface area (Å²) < 4.78 is 13.6. The molecule has 0 bridgehead atoms. The van der Waals surface area contributed by atoms with E-state index in [9.17, 15) is 18.8 Å². The minimum Gasteiger partial charge on any atom is -0.478 e. The third-order valence-corrected chi connectivity index (χ3v) is 2.58. The van der Waals surface area contributed by atoms with Crippen molar-refractivity contribution in [3.05, 3.63) is 29.6 Å². The highest BCUT2D eigenvalue weighted by Gasteiger charge is 2.21. The molecule has 0 atom stereocenters. The van der Waals surface area contributed by atoms with Crippen molar-refractivity contribution in [1.82, 2.24) is 5.32 Å². The molecule has 0 aromatic heterocycles. The van der Waals surface area contributed by atoms with Crippen molar-refractivity contribution in [3.8, 4) is 0 Å². The summed E-state index contributed by atoms with van der Waals surface area (Å²) in [6.07, 6.45) is 0. The van der Waals surface area contributed by atoms with Gasteiger partial charge in [0.1, 0.15) is 5.82 Å². The summed E-state index contributed by atoms with van der Waals surface area (Å²) in [7, 11) is 0. The fraction of sp³-hybridized carbons (Fsp3) is 0.357. The van der Waals surface area contributed by atoms with Gasteiger partial charge in [0.25, 0.3) is 0 Å². The van der Waals surface area contributed by atoms with Crippen LogP contribution in [0.2, 0.25) is 0 Å². The molecule has 0 spiro atoms. The maximum atomic E-state index is 13.6. The second-order valence-electron chi connectivity index (χ2n) is 5.48. The van der Waals surface area contributed by atoms with Crippen LogP contribution < -0.4 is 10.6 Å². The zero-order valence-electron chi connectivity index (χ0n) is 12.0. The summed E-state index contributed by atoms with van der Waals surface area (Å²) in [5.74, 6) is -3.02. The highest BCUT2D eigenvalue weighted by atomic mass is 19.1. The fourth-order valence-corrected chi connectivity index (χ4v) is 1.37. The Balaban J connectivity index is 2.64. The first kappa shape index (κ1) is 16.6. The molecular weight excluding hydrogens is 279 g/mol.